The van der Waals surface area contributed by atoms with Crippen molar-refractivity contribution in [2.24, 2.45) is 5.92 Å². The van der Waals surface area contributed by atoms with Gasteiger partial charge in [0.05, 0.1) is 14.2 Å². The molecule has 1 rings (SSSR count). The van der Waals surface area contributed by atoms with Crippen molar-refractivity contribution in [2.45, 2.75) is 20.8 Å². The fourth-order valence-corrected chi connectivity index (χ4v) is 1.88. The molecular formula is C14H19O4. The Morgan fingerprint density at radius 3 is 2.11 bits per heavy atom. The average Bonchev–Trinajstić information content (AvgIpc) is 2.34. The molecule has 1 N–H and O–H groups in total. The molecule has 18 heavy (non-hydrogen) atoms. The Morgan fingerprint density at radius 1 is 1.22 bits per heavy atom. The van der Waals surface area contributed by atoms with E-state index in [1.54, 1.807) is 20.8 Å². The predicted molar refractivity (Wildman–Crippen MR) is 69.6 cm³/mol. The Kier molecular flexibility index (Phi) is 4.22. The molecule has 0 heterocycles. The number of methoxy groups -OCH3 is 2. The van der Waals surface area contributed by atoms with Crippen LogP contribution < -0.4 is 9.47 Å². The molecule has 0 saturated heterocycles. The van der Waals surface area contributed by atoms with E-state index < -0.39 is 0 Å². The molecule has 1 aromatic rings. The molecule has 0 aliphatic heterocycles. The first-order valence-electron chi connectivity index (χ1n) is 5.70. The molecule has 0 atom stereocenters. The first-order chi connectivity index (χ1) is 8.36. The van der Waals surface area contributed by atoms with Crippen LogP contribution in [0.4, 0.5) is 0 Å². The summed E-state index contributed by atoms with van der Waals surface area (Å²) >= 11 is 0. The van der Waals surface area contributed by atoms with E-state index in [1.807, 2.05) is 0 Å². The number of carbonyl (C=O) groups excluding carboxylic acids is 1. The van der Waals surface area contributed by atoms with Crippen LogP contribution in [0.25, 0.3) is 0 Å². The van der Waals surface area contributed by atoms with Gasteiger partial charge in [0.2, 0.25) is 0 Å². The number of hydrogen-bond donors (Lipinski definition) is 1. The summed E-state index contributed by atoms with van der Waals surface area (Å²) in [7, 11) is 2.90. The molecule has 0 spiro atoms. The topological polar surface area (TPSA) is 55.8 Å². The highest BCUT2D eigenvalue weighted by Crippen LogP contribution is 2.42. The summed E-state index contributed by atoms with van der Waals surface area (Å²) in [4.78, 5) is 12.3. The summed E-state index contributed by atoms with van der Waals surface area (Å²) in [6.07, 6.45) is 0. The van der Waals surface area contributed by atoms with Crippen molar-refractivity contribution >= 4 is 5.78 Å². The quantitative estimate of drug-likeness (QED) is 0.836. The summed E-state index contributed by atoms with van der Waals surface area (Å²) in [6, 6.07) is 0. The van der Waals surface area contributed by atoms with Crippen molar-refractivity contribution in [3.8, 4) is 17.2 Å². The monoisotopic (exact) mass is 251 g/mol. The van der Waals surface area contributed by atoms with E-state index in [2.05, 4.69) is 6.92 Å². The van der Waals surface area contributed by atoms with Gasteiger partial charge in [0.15, 0.2) is 5.78 Å². The first kappa shape index (κ1) is 14.4. The van der Waals surface area contributed by atoms with Crippen molar-refractivity contribution in [3.63, 3.8) is 0 Å². The summed E-state index contributed by atoms with van der Waals surface area (Å²) < 4.78 is 10.4. The van der Waals surface area contributed by atoms with E-state index in [-0.39, 0.29) is 23.2 Å². The van der Waals surface area contributed by atoms with Crippen molar-refractivity contribution < 1.29 is 19.4 Å². The zero-order chi connectivity index (χ0) is 14.0. The molecule has 1 aromatic carbocycles. The normalized spacial score (nSPS) is 10.6. The predicted octanol–water partition coefficient (Wildman–Crippen LogP) is 2.74. The summed E-state index contributed by atoms with van der Waals surface area (Å²) in [6.45, 7) is 9.02. The maximum atomic E-state index is 12.3. The minimum Gasteiger partial charge on any atom is -0.507 e. The second-order valence-electron chi connectivity index (χ2n) is 4.41. The maximum absolute atomic E-state index is 12.3. The highest BCUT2D eigenvalue weighted by molar-refractivity contribution is 6.04. The number of ether oxygens (including phenoxy) is 2. The minimum atomic E-state index is -0.198. The molecule has 4 nitrogen and oxygen atoms in total. The summed E-state index contributed by atoms with van der Waals surface area (Å²) in [5.74, 6) is 0.306. The molecular weight excluding hydrogens is 232 g/mol. The Labute approximate surface area is 108 Å². The van der Waals surface area contributed by atoms with Gasteiger partial charge in [0, 0.05) is 17.0 Å². The van der Waals surface area contributed by atoms with Gasteiger partial charge in [0.1, 0.15) is 22.8 Å². The van der Waals surface area contributed by atoms with E-state index in [0.29, 0.717) is 22.4 Å². The van der Waals surface area contributed by atoms with Gasteiger partial charge in [-0.15, -0.1) is 0 Å². The van der Waals surface area contributed by atoms with E-state index in [9.17, 15) is 9.90 Å². The van der Waals surface area contributed by atoms with Crippen molar-refractivity contribution in [1.82, 2.24) is 0 Å². The third kappa shape index (κ3) is 2.15. The lowest BCUT2D eigenvalue weighted by molar-refractivity contribution is 0.0932. The second-order valence-corrected chi connectivity index (χ2v) is 4.41. The molecule has 0 saturated carbocycles. The SMILES string of the molecule is [CH2]c1c(O)c(C)c(OC)c(C(=O)C(C)C)c1OC. The highest BCUT2D eigenvalue weighted by atomic mass is 16.5. The lowest BCUT2D eigenvalue weighted by Gasteiger charge is -2.19. The third-order valence-corrected chi connectivity index (χ3v) is 2.89. The van der Waals surface area contributed by atoms with Gasteiger partial charge in [-0.3, -0.25) is 4.79 Å². The van der Waals surface area contributed by atoms with Crippen molar-refractivity contribution in [1.29, 1.82) is 0 Å². The van der Waals surface area contributed by atoms with Gasteiger partial charge in [-0.2, -0.15) is 0 Å². The lowest BCUT2D eigenvalue weighted by atomic mass is 9.94. The number of hydrogen-bond acceptors (Lipinski definition) is 4. The molecule has 0 fully saturated rings. The zero-order valence-electron chi connectivity index (χ0n) is 11.5. The van der Waals surface area contributed by atoms with E-state index in [1.165, 1.54) is 14.2 Å². The fourth-order valence-electron chi connectivity index (χ4n) is 1.88. The number of benzene rings is 1. The smallest absolute Gasteiger partial charge is 0.172 e. The van der Waals surface area contributed by atoms with Crippen LogP contribution in [0.2, 0.25) is 0 Å². The largest absolute Gasteiger partial charge is 0.507 e. The number of Topliss-reactive ketones (excluding diaryl/α,β-unsaturated/α-hetero) is 1. The average molecular weight is 251 g/mol. The molecule has 0 aromatic heterocycles. The second kappa shape index (κ2) is 5.29. The highest BCUT2D eigenvalue weighted by Gasteiger charge is 2.27. The van der Waals surface area contributed by atoms with Crippen LogP contribution in [0.15, 0.2) is 0 Å². The Balaban J connectivity index is 3.70. The van der Waals surface area contributed by atoms with E-state index in [4.69, 9.17) is 9.47 Å². The molecule has 4 heteroatoms. The van der Waals surface area contributed by atoms with Gasteiger partial charge in [0.25, 0.3) is 0 Å². The van der Waals surface area contributed by atoms with Crippen molar-refractivity contribution in [3.05, 3.63) is 23.6 Å². The van der Waals surface area contributed by atoms with Gasteiger partial charge >= 0.3 is 0 Å². The van der Waals surface area contributed by atoms with Crippen LogP contribution in [-0.4, -0.2) is 25.1 Å². The first-order valence-corrected chi connectivity index (χ1v) is 5.70. The third-order valence-electron chi connectivity index (χ3n) is 2.89. The molecule has 1 radical (unpaired) electrons. The van der Waals surface area contributed by atoms with Gasteiger partial charge < -0.3 is 14.6 Å². The van der Waals surface area contributed by atoms with Crippen LogP contribution in [0.3, 0.4) is 0 Å². The Hall–Kier alpha value is -1.71. The fraction of sp³-hybridized carbons (Fsp3) is 0.429. The zero-order valence-corrected chi connectivity index (χ0v) is 11.5. The summed E-state index contributed by atoms with van der Waals surface area (Å²) in [5, 5.41) is 9.94. The van der Waals surface area contributed by atoms with Crippen LogP contribution in [0.1, 0.15) is 35.3 Å². The molecule has 0 aliphatic carbocycles. The van der Waals surface area contributed by atoms with Crippen LogP contribution in [0.5, 0.6) is 17.2 Å². The Bertz CT molecular complexity index is 444. The molecule has 0 unspecified atom stereocenters. The standard InChI is InChI=1S/C14H19O4/c1-7(2)11(15)10-13(17-5)8(3)12(16)9(4)14(10)18-6/h7,16H,3H2,1-2,4-6H3. The van der Waals surface area contributed by atoms with E-state index >= 15 is 0 Å². The van der Waals surface area contributed by atoms with Crippen LogP contribution in [-0.2, 0) is 0 Å². The number of carbonyl (C=O) groups is 1. The summed E-state index contributed by atoms with van der Waals surface area (Å²) in [5.41, 5.74) is 1.14. The number of phenolic OH excluding ortho intramolecular Hbond substituents is 1. The molecule has 0 aliphatic rings. The number of aromatic hydroxyl groups is 1. The van der Waals surface area contributed by atoms with Crippen molar-refractivity contribution in [2.75, 3.05) is 14.2 Å². The number of rotatable bonds is 4. The minimum absolute atomic E-state index is 0.0102. The molecule has 99 valence electrons. The lowest BCUT2D eigenvalue weighted by Crippen LogP contribution is -2.13. The van der Waals surface area contributed by atoms with Gasteiger partial charge in [-0.25, -0.2) is 0 Å². The van der Waals surface area contributed by atoms with Crippen LogP contribution in [0, 0.1) is 19.8 Å². The van der Waals surface area contributed by atoms with Crippen LogP contribution >= 0.6 is 0 Å². The molecule has 0 bridgehead atoms. The Morgan fingerprint density at radius 2 is 1.72 bits per heavy atom. The number of ketones is 1. The maximum Gasteiger partial charge on any atom is 0.172 e. The number of phenols is 1. The van der Waals surface area contributed by atoms with E-state index in [0.717, 1.165) is 0 Å². The van der Waals surface area contributed by atoms with Gasteiger partial charge in [-0.1, -0.05) is 13.8 Å². The van der Waals surface area contributed by atoms with Gasteiger partial charge in [-0.05, 0) is 13.8 Å². The molecule has 0 amide bonds.